The van der Waals surface area contributed by atoms with Gasteiger partial charge in [-0.1, -0.05) is 11.3 Å². The number of hydrogen-bond donors (Lipinski definition) is 2. The highest BCUT2D eigenvalue weighted by molar-refractivity contribution is 9.10. The number of halogens is 1. The average Bonchev–Trinajstić information content (AvgIpc) is 2.81. The molecule has 1 aromatic heterocycles. The van der Waals surface area contributed by atoms with Gasteiger partial charge in [0, 0.05) is 0 Å². The number of nitrogens with one attached hydrogen (secondary N) is 1. The molecule has 1 heterocycles. The SMILES string of the molecule is COc1ccc(C(N)c2nn[nH]n2)cc1Br. The summed E-state index contributed by atoms with van der Waals surface area (Å²) in [7, 11) is 1.61. The zero-order valence-corrected chi connectivity index (χ0v) is 10.1. The molecule has 0 spiro atoms. The van der Waals surface area contributed by atoms with Crippen LogP contribution in [0, 0.1) is 0 Å². The van der Waals surface area contributed by atoms with Crippen molar-refractivity contribution < 1.29 is 4.74 Å². The summed E-state index contributed by atoms with van der Waals surface area (Å²) in [5, 5.41) is 13.5. The largest absolute Gasteiger partial charge is 0.496 e. The molecule has 0 amide bonds. The number of ether oxygens (including phenoxy) is 1. The maximum absolute atomic E-state index is 5.97. The Morgan fingerprint density at radius 3 is 2.88 bits per heavy atom. The Morgan fingerprint density at radius 2 is 2.31 bits per heavy atom. The molecule has 0 saturated carbocycles. The summed E-state index contributed by atoms with van der Waals surface area (Å²) in [6.07, 6.45) is 0. The van der Waals surface area contributed by atoms with Gasteiger partial charge in [-0.05, 0) is 33.6 Å². The van der Waals surface area contributed by atoms with Crippen LogP contribution >= 0.6 is 15.9 Å². The van der Waals surface area contributed by atoms with Gasteiger partial charge in [-0.15, -0.1) is 10.2 Å². The van der Waals surface area contributed by atoms with E-state index in [1.807, 2.05) is 18.2 Å². The number of aromatic nitrogens is 4. The molecular weight excluding hydrogens is 274 g/mol. The van der Waals surface area contributed by atoms with Crippen LogP contribution in [0.25, 0.3) is 0 Å². The van der Waals surface area contributed by atoms with Gasteiger partial charge in [-0.25, -0.2) is 0 Å². The summed E-state index contributed by atoms with van der Waals surface area (Å²) in [6, 6.07) is 5.17. The second-order valence-corrected chi connectivity index (χ2v) is 4.00. The molecule has 0 radical (unpaired) electrons. The fraction of sp³-hybridized carbons (Fsp3) is 0.222. The smallest absolute Gasteiger partial charge is 0.195 e. The molecule has 3 N–H and O–H groups in total. The minimum absolute atomic E-state index is 0.402. The molecule has 0 aliphatic carbocycles. The number of rotatable bonds is 3. The van der Waals surface area contributed by atoms with E-state index in [1.54, 1.807) is 7.11 Å². The minimum atomic E-state index is -0.402. The molecule has 0 fully saturated rings. The van der Waals surface area contributed by atoms with Gasteiger partial charge in [0.05, 0.1) is 17.6 Å². The highest BCUT2D eigenvalue weighted by Gasteiger charge is 2.14. The predicted molar refractivity (Wildman–Crippen MR) is 60.9 cm³/mol. The first kappa shape index (κ1) is 11.0. The van der Waals surface area contributed by atoms with Crippen molar-refractivity contribution in [1.29, 1.82) is 0 Å². The van der Waals surface area contributed by atoms with Crippen molar-refractivity contribution in [3.63, 3.8) is 0 Å². The first-order valence-electron chi connectivity index (χ1n) is 4.54. The summed E-state index contributed by atoms with van der Waals surface area (Å²) in [4.78, 5) is 0. The van der Waals surface area contributed by atoms with Crippen molar-refractivity contribution in [3.05, 3.63) is 34.1 Å². The van der Waals surface area contributed by atoms with Crippen LogP contribution in [0.2, 0.25) is 0 Å². The molecular formula is C9H10BrN5O. The third-order valence-corrected chi connectivity index (χ3v) is 2.79. The quantitative estimate of drug-likeness (QED) is 0.878. The van der Waals surface area contributed by atoms with Crippen LogP contribution in [-0.2, 0) is 0 Å². The Kier molecular flexibility index (Phi) is 3.16. The number of tetrazole rings is 1. The van der Waals surface area contributed by atoms with Gasteiger partial charge in [0.1, 0.15) is 5.75 Å². The number of methoxy groups -OCH3 is 1. The van der Waals surface area contributed by atoms with Crippen LogP contribution in [0.5, 0.6) is 5.75 Å². The average molecular weight is 284 g/mol. The molecule has 0 aliphatic rings. The van der Waals surface area contributed by atoms with Crippen LogP contribution in [-0.4, -0.2) is 27.7 Å². The molecule has 1 aromatic carbocycles. The van der Waals surface area contributed by atoms with Crippen LogP contribution in [0.3, 0.4) is 0 Å². The second-order valence-electron chi connectivity index (χ2n) is 3.14. The van der Waals surface area contributed by atoms with Crippen LogP contribution < -0.4 is 10.5 Å². The lowest BCUT2D eigenvalue weighted by Gasteiger charge is -2.10. The Balaban J connectivity index is 2.31. The standard InChI is InChI=1S/C9H10BrN5O/c1-16-7-3-2-5(4-6(7)10)8(11)9-12-14-15-13-9/h2-4,8H,11H2,1H3,(H,12,13,14,15). The lowest BCUT2D eigenvalue weighted by atomic mass is 10.1. The Bertz CT molecular complexity index is 473. The summed E-state index contributed by atoms with van der Waals surface area (Å²) in [6.45, 7) is 0. The van der Waals surface area contributed by atoms with E-state index in [0.29, 0.717) is 5.82 Å². The highest BCUT2D eigenvalue weighted by atomic mass is 79.9. The van der Waals surface area contributed by atoms with Crippen LogP contribution in [0.15, 0.2) is 22.7 Å². The van der Waals surface area contributed by atoms with E-state index in [9.17, 15) is 0 Å². The maximum atomic E-state index is 5.97. The Hall–Kier alpha value is -1.47. The summed E-state index contributed by atoms with van der Waals surface area (Å²) in [5.41, 5.74) is 6.86. The van der Waals surface area contributed by atoms with E-state index >= 15 is 0 Å². The zero-order valence-electron chi connectivity index (χ0n) is 8.51. The van der Waals surface area contributed by atoms with Crippen molar-refractivity contribution >= 4 is 15.9 Å². The number of nitrogens with two attached hydrogens (primary N) is 1. The minimum Gasteiger partial charge on any atom is -0.496 e. The van der Waals surface area contributed by atoms with Crippen molar-refractivity contribution in [3.8, 4) is 5.75 Å². The molecule has 2 aromatic rings. The summed E-state index contributed by atoms with van der Waals surface area (Å²) >= 11 is 3.39. The number of H-pyrrole nitrogens is 1. The highest BCUT2D eigenvalue weighted by Crippen LogP contribution is 2.28. The number of nitrogens with zero attached hydrogens (tertiary/aromatic N) is 3. The van der Waals surface area contributed by atoms with Gasteiger partial charge in [0.2, 0.25) is 0 Å². The fourth-order valence-electron chi connectivity index (χ4n) is 1.33. The molecule has 0 aliphatic heterocycles. The van der Waals surface area contributed by atoms with E-state index in [1.165, 1.54) is 0 Å². The molecule has 0 saturated heterocycles. The number of aromatic amines is 1. The first-order valence-corrected chi connectivity index (χ1v) is 5.34. The Labute approximate surface area is 100 Å². The molecule has 6 nitrogen and oxygen atoms in total. The third-order valence-electron chi connectivity index (χ3n) is 2.17. The van der Waals surface area contributed by atoms with Gasteiger partial charge in [-0.3, -0.25) is 0 Å². The summed E-state index contributed by atoms with van der Waals surface area (Å²) < 4.78 is 5.97. The van der Waals surface area contributed by atoms with Gasteiger partial charge >= 0.3 is 0 Å². The monoisotopic (exact) mass is 283 g/mol. The van der Waals surface area contributed by atoms with Gasteiger partial charge in [-0.2, -0.15) is 5.21 Å². The van der Waals surface area contributed by atoms with Gasteiger partial charge in [0.15, 0.2) is 5.82 Å². The van der Waals surface area contributed by atoms with Crippen molar-refractivity contribution in [2.75, 3.05) is 7.11 Å². The predicted octanol–water partition coefficient (Wildman–Crippen LogP) is 1.02. The molecule has 0 bridgehead atoms. The zero-order chi connectivity index (χ0) is 11.5. The molecule has 1 unspecified atom stereocenters. The maximum Gasteiger partial charge on any atom is 0.195 e. The third kappa shape index (κ3) is 2.05. The molecule has 84 valence electrons. The normalized spacial score (nSPS) is 12.4. The van der Waals surface area contributed by atoms with Crippen molar-refractivity contribution in [2.45, 2.75) is 6.04 Å². The lowest BCUT2D eigenvalue weighted by Crippen LogP contribution is -2.13. The van der Waals surface area contributed by atoms with Gasteiger partial charge < -0.3 is 10.5 Å². The van der Waals surface area contributed by atoms with E-state index in [-0.39, 0.29) is 0 Å². The molecule has 2 rings (SSSR count). The summed E-state index contributed by atoms with van der Waals surface area (Å²) in [5.74, 6) is 1.21. The number of benzene rings is 1. The van der Waals surface area contributed by atoms with Crippen LogP contribution in [0.1, 0.15) is 17.4 Å². The second kappa shape index (κ2) is 4.58. The number of hydrogen-bond acceptors (Lipinski definition) is 5. The fourth-order valence-corrected chi connectivity index (χ4v) is 1.88. The van der Waals surface area contributed by atoms with Crippen molar-refractivity contribution in [2.24, 2.45) is 5.73 Å². The topological polar surface area (TPSA) is 89.7 Å². The molecule has 7 heteroatoms. The van der Waals surface area contributed by atoms with E-state index in [0.717, 1.165) is 15.8 Å². The van der Waals surface area contributed by atoms with Crippen molar-refractivity contribution in [1.82, 2.24) is 20.6 Å². The van der Waals surface area contributed by atoms with E-state index in [2.05, 4.69) is 36.6 Å². The van der Waals surface area contributed by atoms with E-state index < -0.39 is 6.04 Å². The molecule has 1 atom stereocenters. The lowest BCUT2D eigenvalue weighted by molar-refractivity contribution is 0.412. The van der Waals surface area contributed by atoms with Crippen LogP contribution in [0.4, 0.5) is 0 Å². The van der Waals surface area contributed by atoms with Gasteiger partial charge in [0.25, 0.3) is 0 Å². The van der Waals surface area contributed by atoms with E-state index in [4.69, 9.17) is 10.5 Å². The Morgan fingerprint density at radius 1 is 1.50 bits per heavy atom. The molecule has 16 heavy (non-hydrogen) atoms. The first-order chi connectivity index (χ1) is 7.72.